The van der Waals surface area contributed by atoms with Gasteiger partial charge in [-0.25, -0.2) is 0 Å². The molecule has 0 N–H and O–H groups in total. The average molecular weight is 427 g/mol. The van der Waals surface area contributed by atoms with E-state index in [1.165, 1.54) is 57.4 Å². The number of benzene rings is 1. The molecule has 1 spiro atoms. The summed E-state index contributed by atoms with van der Waals surface area (Å²) in [6, 6.07) is 5.95. The van der Waals surface area contributed by atoms with E-state index in [-0.39, 0.29) is 11.9 Å². The number of amides is 1. The average Bonchev–Trinajstić information content (AvgIpc) is 3.35. The molecule has 2 saturated heterocycles. The molecule has 0 bridgehead atoms. The summed E-state index contributed by atoms with van der Waals surface area (Å²) in [4.78, 5) is 17.8. The van der Waals surface area contributed by atoms with Crippen LogP contribution in [0.5, 0.6) is 0 Å². The number of carbonyl (C=O) groups is 1. The normalized spacial score (nSPS) is 31.5. The van der Waals surface area contributed by atoms with E-state index < -0.39 is 0 Å². The Labute approximate surface area is 176 Å². The van der Waals surface area contributed by atoms with E-state index in [9.17, 15) is 4.79 Å². The van der Waals surface area contributed by atoms with Crippen molar-refractivity contribution in [2.24, 2.45) is 0 Å². The predicted molar refractivity (Wildman–Crippen MR) is 115 cm³/mol. The van der Waals surface area contributed by atoms with Crippen LogP contribution in [-0.2, 0) is 0 Å². The molecule has 1 saturated carbocycles. The van der Waals surface area contributed by atoms with Crippen molar-refractivity contribution in [1.82, 2.24) is 9.80 Å². The van der Waals surface area contributed by atoms with Gasteiger partial charge in [0.25, 0.3) is 5.91 Å². The lowest BCUT2D eigenvalue weighted by atomic mass is 9.78. The summed E-state index contributed by atoms with van der Waals surface area (Å²) in [7, 11) is 1.97. The zero-order chi connectivity index (χ0) is 19.0. The molecule has 1 aromatic rings. The molecule has 3 fully saturated rings. The third-order valence-electron chi connectivity index (χ3n) is 6.70. The fraction of sp³-hybridized carbons (Fsp3) is 0.667. The second-order valence-electron chi connectivity index (χ2n) is 8.30. The van der Waals surface area contributed by atoms with Crippen molar-refractivity contribution >= 4 is 40.9 Å². The van der Waals surface area contributed by atoms with Gasteiger partial charge in [-0.15, -0.1) is 0 Å². The van der Waals surface area contributed by atoms with Gasteiger partial charge in [-0.3, -0.25) is 9.69 Å². The fourth-order valence-corrected chi connectivity index (χ4v) is 7.08. The Hall–Kier alpha value is -0.420. The Balaban J connectivity index is 1.55. The molecule has 6 heteroatoms. The number of nitrogens with zero attached hydrogens (tertiary/aromatic N) is 2. The molecule has 3 atom stereocenters. The molecule has 4 rings (SSSR count). The largest absolute Gasteiger partial charge is 0.337 e. The SMILES string of the molecule is CN(C(=O)c1ccc(Cl)c(Cl)c1)C1CCC2(CCCS2)CC1N1CCCC1. The highest BCUT2D eigenvalue weighted by molar-refractivity contribution is 8.00. The van der Waals surface area contributed by atoms with Crippen LogP contribution in [0, 0.1) is 0 Å². The summed E-state index contributed by atoms with van der Waals surface area (Å²) in [5.74, 6) is 1.35. The number of thioether (sulfide) groups is 1. The van der Waals surface area contributed by atoms with Crippen LogP contribution in [0.1, 0.15) is 55.3 Å². The van der Waals surface area contributed by atoms with Crippen molar-refractivity contribution in [3.05, 3.63) is 33.8 Å². The second-order valence-corrected chi connectivity index (χ2v) is 10.7. The van der Waals surface area contributed by atoms with Gasteiger partial charge >= 0.3 is 0 Å². The van der Waals surface area contributed by atoms with E-state index in [2.05, 4.69) is 16.7 Å². The summed E-state index contributed by atoms with van der Waals surface area (Å²) < 4.78 is 0.456. The van der Waals surface area contributed by atoms with Gasteiger partial charge in [0, 0.05) is 29.4 Å². The standard InChI is InChI=1S/C21H28Cl2N2OS/c1-24(20(26)15-5-6-16(22)17(23)13-15)18-7-9-21(8-4-12-27-21)14-19(18)25-10-2-3-11-25/h5-6,13,18-19H,2-4,7-12,14H2,1H3. The highest BCUT2D eigenvalue weighted by atomic mass is 35.5. The highest BCUT2D eigenvalue weighted by Crippen LogP contribution is 2.50. The molecule has 1 aliphatic carbocycles. The third kappa shape index (κ3) is 4.01. The van der Waals surface area contributed by atoms with Crippen LogP contribution < -0.4 is 0 Å². The van der Waals surface area contributed by atoms with Crippen molar-refractivity contribution < 1.29 is 4.79 Å². The van der Waals surface area contributed by atoms with Crippen LogP contribution in [0.25, 0.3) is 0 Å². The Kier molecular flexibility index (Phi) is 5.99. The van der Waals surface area contributed by atoms with Gasteiger partial charge in [0.2, 0.25) is 0 Å². The molecule has 0 aromatic heterocycles. The first-order valence-electron chi connectivity index (χ1n) is 10.1. The van der Waals surface area contributed by atoms with Gasteiger partial charge in [-0.05, 0) is 82.0 Å². The Morgan fingerprint density at radius 1 is 1.19 bits per heavy atom. The van der Waals surface area contributed by atoms with Crippen molar-refractivity contribution in [2.75, 3.05) is 25.9 Å². The minimum atomic E-state index is 0.0535. The van der Waals surface area contributed by atoms with Gasteiger partial charge in [-0.1, -0.05) is 23.2 Å². The van der Waals surface area contributed by atoms with Crippen molar-refractivity contribution in [3.8, 4) is 0 Å². The lowest BCUT2D eigenvalue weighted by molar-refractivity contribution is 0.0441. The van der Waals surface area contributed by atoms with Crippen LogP contribution in [0.3, 0.4) is 0 Å². The first kappa shape index (κ1) is 19.9. The van der Waals surface area contributed by atoms with Crippen LogP contribution in [-0.4, -0.2) is 58.4 Å². The van der Waals surface area contributed by atoms with Crippen LogP contribution in [0.4, 0.5) is 0 Å². The molecule has 2 heterocycles. The predicted octanol–water partition coefficient (Wildman–Crippen LogP) is 5.35. The summed E-state index contributed by atoms with van der Waals surface area (Å²) in [5, 5.41) is 0.931. The summed E-state index contributed by atoms with van der Waals surface area (Å²) in [6.45, 7) is 2.35. The number of carbonyl (C=O) groups excluding carboxylic acids is 1. The molecule has 1 amide bonds. The van der Waals surface area contributed by atoms with Gasteiger partial charge < -0.3 is 4.90 Å². The quantitative estimate of drug-likeness (QED) is 0.650. The minimum Gasteiger partial charge on any atom is -0.337 e. The topological polar surface area (TPSA) is 23.6 Å². The maximum absolute atomic E-state index is 13.2. The molecule has 3 nitrogen and oxygen atoms in total. The van der Waals surface area contributed by atoms with Gasteiger partial charge in [0.1, 0.15) is 0 Å². The molecule has 148 valence electrons. The molecule has 3 aliphatic rings. The number of hydrogen-bond donors (Lipinski definition) is 0. The van der Waals surface area contributed by atoms with Crippen molar-refractivity contribution in [2.45, 2.75) is 61.8 Å². The van der Waals surface area contributed by atoms with Crippen molar-refractivity contribution in [3.63, 3.8) is 0 Å². The van der Waals surface area contributed by atoms with E-state index in [1.54, 1.807) is 18.2 Å². The highest BCUT2D eigenvalue weighted by Gasteiger charge is 2.47. The molecule has 1 aromatic carbocycles. The van der Waals surface area contributed by atoms with E-state index in [0.717, 1.165) is 6.42 Å². The molecule has 2 aliphatic heterocycles. The number of halogens is 2. The van der Waals surface area contributed by atoms with Crippen LogP contribution in [0.15, 0.2) is 18.2 Å². The Morgan fingerprint density at radius 3 is 2.63 bits per heavy atom. The van der Waals surface area contributed by atoms with E-state index in [4.69, 9.17) is 23.2 Å². The molecular formula is C21H28Cl2N2OS. The van der Waals surface area contributed by atoms with E-state index in [0.29, 0.717) is 26.4 Å². The Morgan fingerprint density at radius 2 is 1.96 bits per heavy atom. The number of likely N-dealkylation sites (N-methyl/N-ethyl adjacent to an activating group) is 1. The smallest absolute Gasteiger partial charge is 0.253 e. The zero-order valence-electron chi connectivity index (χ0n) is 15.9. The number of likely N-dealkylation sites (tertiary alicyclic amines) is 1. The summed E-state index contributed by atoms with van der Waals surface area (Å²) >= 11 is 14.4. The monoisotopic (exact) mass is 426 g/mol. The van der Waals surface area contributed by atoms with Crippen LogP contribution >= 0.6 is 35.0 Å². The van der Waals surface area contributed by atoms with Gasteiger partial charge in [-0.2, -0.15) is 11.8 Å². The number of rotatable bonds is 3. The third-order valence-corrected chi connectivity index (χ3v) is 9.12. The molecule has 27 heavy (non-hydrogen) atoms. The zero-order valence-corrected chi connectivity index (χ0v) is 18.3. The lowest BCUT2D eigenvalue weighted by Gasteiger charge is -2.48. The number of hydrogen-bond acceptors (Lipinski definition) is 3. The minimum absolute atomic E-state index is 0.0535. The first-order valence-corrected chi connectivity index (χ1v) is 11.8. The molecule has 3 unspecified atom stereocenters. The maximum Gasteiger partial charge on any atom is 0.253 e. The molecule has 0 radical (unpaired) electrons. The van der Waals surface area contributed by atoms with E-state index >= 15 is 0 Å². The lowest BCUT2D eigenvalue weighted by Crippen LogP contribution is -2.57. The van der Waals surface area contributed by atoms with Crippen molar-refractivity contribution in [1.29, 1.82) is 0 Å². The fourth-order valence-electron chi connectivity index (χ4n) is 5.22. The summed E-state index contributed by atoms with van der Waals surface area (Å²) in [6.07, 6.45) is 8.81. The first-order chi connectivity index (χ1) is 13.0. The Bertz CT molecular complexity index is 701. The maximum atomic E-state index is 13.2. The van der Waals surface area contributed by atoms with Gasteiger partial charge in [0.15, 0.2) is 0 Å². The van der Waals surface area contributed by atoms with E-state index in [1.807, 2.05) is 11.9 Å². The van der Waals surface area contributed by atoms with Crippen LogP contribution in [0.2, 0.25) is 10.0 Å². The summed E-state index contributed by atoms with van der Waals surface area (Å²) in [5.41, 5.74) is 0.627. The second kappa shape index (κ2) is 8.14. The molecular weight excluding hydrogens is 399 g/mol. The van der Waals surface area contributed by atoms with Gasteiger partial charge in [0.05, 0.1) is 10.0 Å².